The molecule has 0 saturated heterocycles. The molecule has 1 unspecified atom stereocenters. The molecule has 1 heterocycles. The van der Waals surface area contributed by atoms with Crippen LogP contribution in [0.25, 0.3) is 0 Å². The lowest BCUT2D eigenvalue weighted by molar-refractivity contribution is -0.121. The van der Waals surface area contributed by atoms with Crippen molar-refractivity contribution in [3.8, 4) is 0 Å². The maximum absolute atomic E-state index is 12.2. The van der Waals surface area contributed by atoms with E-state index in [2.05, 4.69) is 5.32 Å². The molecular weight excluding hydrogens is 314 g/mol. The summed E-state index contributed by atoms with van der Waals surface area (Å²) in [6.07, 6.45) is 5.75. The number of thioether (sulfide) groups is 1. The molecule has 2 rings (SSSR count). The molecule has 0 aromatic carbocycles. The molecule has 0 radical (unpaired) electrons. The largest absolute Gasteiger partial charge is 0.352 e. The van der Waals surface area contributed by atoms with E-state index < -0.39 is 0 Å². The van der Waals surface area contributed by atoms with E-state index in [9.17, 15) is 14.4 Å². The Bertz CT molecular complexity index is 674. The van der Waals surface area contributed by atoms with E-state index in [4.69, 9.17) is 0 Å². The minimum Gasteiger partial charge on any atom is -0.352 e. The predicted molar refractivity (Wildman–Crippen MR) is 92.7 cm³/mol. The third-order valence-electron chi connectivity index (χ3n) is 4.43. The van der Waals surface area contributed by atoms with Gasteiger partial charge in [0.05, 0.1) is 5.25 Å². The SMILES string of the molecule is CC(SCc1cc(=O)n(C)c(=O)n1C)C(=O)NC1CCCCC1. The van der Waals surface area contributed by atoms with Gasteiger partial charge in [0.25, 0.3) is 5.56 Å². The number of carbonyl (C=O) groups excluding carboxylic acids is 1. The molecule has 1 aromatic heterocycles. The van der Waals surface area contributed by atoms with Crippen LogP contribution in [-0.4, -0.2) is 26.3 Å². The maximum atomic E-state index is 12.2. The van der Waals surface area contributed by atoms with Gasteiger partial charge in [-0.05, 0) is 19.8 Å². The number of nitrogens with one attached hydrogen (secondary N) is 1. The molecule has 23 heavy (non-hydrogen) atoms. The average Bonchev–Trinajstić information content (AvgIpc) is 2.55. The topological polar surface area (TPSA) is 73.1 Å². The van der Waals surface area contributed by atoms with Crippen LogP contribution >= 0.6 is 11.8 Å². The Morgan fingerprint density at radius 1 is 1.26 bits per heavy atom. The Morgan fingerprint density at radius 2 is 1.91 bits per heavy atom. The van der Waals surface area contributed by atoms with Crippen LogP contribution in [0.15, 0.2) is 15.7 Å². The van der Waals surface area contributed by atoms with Crippen LogP contribution in [-0.2, 0) is 24.6 Å². The Kier molecular flexibility index (Phi) is 6.10. The van der Waals surface area contributed by atoms with Gasteiger partial charge in [-0.2, -0.15) is 0 Å². The van der Waals surface area contributed by atoms with Crippen molar-refractivity contribution in [2.45, 2.75) is 56.1 Å². The van der Waals surface area contributed by atoms with Gasteiger partial charge in [-0.3, -0.25) is 18.7 Å². The second kappa shape index (κ2) is 7.86. The zero-order valence-corrected chi connectivity index (χ0v) is 14.8. The van der Waals surface area contributed by atoms with Crippen LogP contribution < -0.4 is 16.6 Å². The molecule has 1 amide bonds. The zero-order chi connectivity index (χ0) is 17.0. The average molecular weight is 339 g/mol. The van der Waals surface area contributed by atoms with E-state index in [1.54, 1.807) is 7.05 Å². The lowest BCUT2D eigenvalue weighted by atomic mass is 9.95. The van der Waals surface area contributed by atoms with Gasteiger partial charge in [-0.15, -0.1) is 11.8 Å². The van der Waals surface area contributed by atoms with Gasteiger partial charge in [0.15, 0.2) is 0 Å². The Labute approximate surface area is 140 Å². The van der Waals surface area contributed by atoms with E-state index in [0.717, 1.165) is 17.4 Å². The van der Waals surface area contributed by atoms with Crippen LogP contribution in [0.2, 0.25) is 0 Å². The summed E-state index contributed by atoms with van der Waals surface area (Å²) in [5.41, 5.74) is -0.0177. The van der Waals surface area contributed by atoms with Crippen molar-refractivity contribution < 1.29 is 4.79 Å². The van der Waals surface area contributed by atoms with Gasteiger partial charge in [0.1, 0.15) is 0 Å². The molecule has 0 bridgehead atoms. The van der Waals surface area contributed by atoms with Crippen LogP contribution in [0.3, 0.4) is 0 Å². The summed E-state index contributed by atoms with van der Waals surface area (Å²) in [4.78, 5) is 35.8. The normalized spacial score (nSPS) is 17.0. The Balaban J connectivity index is 1.93. The second-order valence-corrected chi connectivity index (χ2v) is 7.50. The van der Waals surface area contributed by atoms with Crippen LogP contribution in [0.5, 0.6) is 0 Å². The van der Waals surface area contributed by atoms with Crippen molar-refractivity contribution in [2.75, 3.05) is 0 Å². The lowest BCUT2D eigenvalue weighted by Crippen LogP contribution is -2.40. The van der Waals surface area contributed by atoms with Gasteiger partial charge in [0, 0.05) is 37.7 Å². The smallest absolute Gasteiger partial charge is 0.330 e. The number of nitrogens with zero attached hydrogens (tertiary/aromatic N) is 2. The van der Waals surface area contributed by atoms with E-state index in [0.29, 0.717) is 17.5 Å². The highest BCUT2D eigenvalue weighted by Gasteiger charge is 2.20. The molecule has 1 N–H and O–H groups in total. The first-order valence-electron chi connectivity index (χ1n) is 8.08. The first-order valence-corrected chi connectivity index (χ1v) is 9.13. The molecule has 0 aliphatic heterocycles. The molecule has 0 spiro atoms. The van der Waals surface area contributed by atoms with Gasteiger partial charge >= 0.3 is 5.69 Å². The lowest BCUT2D eigenvalue weighted by Gasteiger charge is -2.24. The molecule has 1 fully saturated rings. The molecule has 1 aliphatic carbocycles. The molecule has 1 atom stereocenters. The Hall–Kier alpha value is -1.50. The van der Waals surface area contributed by atoms with Gasteiger partial charge in [0.2, 0.25) is 5.91 Å². The summed E-state index contributed by atoms with van der Waals surface area (Å²) in [6.45, 7) is 1.86. The van der Waals surface area contributed by atoms with E-state index in [1.165, 1.54) is 48.7 Å². The summed E-state index contributed by atoms with van der Waals surface area (Å²) in [5, 5.41) is 2.90. The molecule has 128 valence electrons. The maximum Gasteiger partial charge on any atom is 0.330 e. The van der Waals surface area contributed by atoms with Crippen molar-refractivity contribution >= 4 is 17.7 Å². The minimum atomic E-state index is -0.340. The fraction of sp³-hybridized carbons (Fsp3) is 0.688. The first-order chi connectivity index (χ1) is 10.9. The monoisotopic (exact) mass is 339 g/mol. The number of hydrogen-bond acceptors (Lipinski definition) is 4. The van der Waals surface area contributed by atoms with Crippen molar-refractivity contribution in [2.24, 2.45) is 14.1 Å². The van der Waals surface area contributed by atoms with Gasteiger partial charge < -0.3 is 5.32 Å². The number of amides is 1. The number of rotatable bonds is 5. The van der Waals surface area contributed by atoms with Crippen LogP contribution in [0.4, 0.5) is 0 Å². The van der Waals surface area contributed by atoms with E-state index in [-0.39, 0.29) is 22.4 Å². The third kappa shape index (κ3) is 4.50. The molecule has 1 aliphatic rings. The highest BCUT2D eigenvalue weighted by molar-refractivity contribution is 7.99. The van der Waals surface area contributed by atoms with Crippen LogP contribution in [0, 0.1) is 0 Å². The molecule has 1 saturated carbocycles. The zero-order valence-electron chi connectivity index (χ0n) is 14.0. The minimum absolute atomic E-state index is 0.0377. The third-order valence-corrected chi connectivity index (χ3v) is 5.60. The summed E-state index contributed by atoms with van der Waals surface area (Å²) in [7, 11) is 3.10. The van der Waals surface area contributed by atoms with Crippen molar-refractivity contribution in [1.29, 1.82) is 0 Å². The number of hydrogen-bond donors (Lipinski definition) is 1. The predicted octanol–water partition coefficient (Wildman–Crippen LogP) is 1.15. The van der Waals surface area contributed by atoms with Crippen molar-refractivity contribution in [1.82, 2.24) is 14.5 Å². The molecule has 6 nitrogen and oxygen atoms in total. The van der Waals surface area contributed by atoms with E-state index >= 15 is 0 Å². The van der Waals surface area contributed by atoms with E-state index in [1.807, 2.05) is 6.92 Å². The van der Waals surface area contributed by atoms with Gasteiger partial charge in [-0.1, -0.05) is 19.3 Å². The molecule has 1 aromatic rings. The number of aromatic nitrogens is 2. The molecule has 7 heteroatoms. The Morgan fingerprint density at radius 3 is 2.57 bits per heavy atom. The second-order valence-electron chi connectivity index (χ2n) is 6.17. The highest BCUT2D eigenvalue weighted by Crippen LogP contribution is 2.20. The summed E-state index contributed by atoms with van der Waals surface area (Å²) in [6, 6.07) is 1.76. The standard InChI is InChI=1S/C16H25N3O3S/c1-11(15(21)17-12-7-5-4-6-8-12)23-10-13-9-14(20)19(3)16(22)18(13)2/h9,11-12H,4-8,10H2,1-3H3,(H,17,21). The quantitative estimate of drug-likeness (QED) is 0.873. The summed E-state index contributed by atoms with van der Waals surface area (Å²) >= 11 is 1.44. The van der Waals surface area contributed by atoms with Crippen molar-refractivity contribution in [3.63, 3.8) is 0 Å². The molecular formula is C16H25N3O3S. The van der Waals surface area contributed by atoms with Crippen LogP contribution in [0.1, 0.15) is 44.7 Å². The van der Waals surface area contributed by atoms with Crippen molar-refractivity contribution in [3.05, 3.63) is 32.6 Å². The number of carbonyl (C=O) groups is 1. The fourth-order valence-electron chi connectivity index (χ4n) is 2.77. The first kappa shape index (κ1) is 17.8. The summed E-state index contributed by atoms with van der Waals surface area (Å²) < 4.78 is 2.54. The highest BCUT2D eigenvalue weighted by atomic mass is 32.2. The van der Waals surface area contributed by atoms with Gasteiger partial charge in [-0.25, -0.2) is 4.79 Å². The summed E-state index contributed by atoms with van der Waals surface area (Å²) in [5.74, 6) is 0.497. The fourth-order valence-corrected chi connectivity index (χ4v) is 3.69.